The number of fused-ring (bicyclic) bond motifs is 13. The van der Waals surface area contributed by atoms with E-state index >= 15 is 0 Å². The molecule has 4 aliphatic carbocycles. The summed E-state index contributed by atoms with van der Waals surface area (Å²) in [6.45, 7) is 42.1. The van der Waals surface area contributed by atoms with E-state index in [4.69, 9.17) is 4.42 Å². The molecule has 0 bridgehead atoms. The molecule has 6 aromatic carbocycles. The minimum atomic E-state index is 0.0352. The number of furan rings is 1. The summed E-state index contributed by atoms with van der Waals surface area (Å²) in [5, 5.41) is 3.82. The molecule has 4 heterocycles. The number of benzene rings is 6. The molecule has 0 radical (unpaired) electrons. The Morgan fingerprint density at radius 2 is 0.895 bits per heavy atom. The number of rotatable bonds is 2. The summed E-state index contributed by atoms with van der Waals surface area (Å²) >= 11 is 2.08. The SMILES string of the molecule is Cc1cc2c3c(c1)N(c1cccc4oc5cc6c(cc5c14)C(C)(C)CCC6(C)C)c1c(sc4cc5c(cc14)C(C)(C)CCC5(C)C)B3c1cc3c(cc1N2c1ccc2c(c1)C(C)(C)CCC2(C)C)C(C)(C)CCC3(C)C. The zero-order valence-corrected chi connectivity index (χ0v) is 49.8. The highest BCUT2D eigenvalue weighted by atomic mass is 32.1. The van der Waals surface area contributed by atoms with E-state index in [1.807, 2.05) is 0 Å². The first-order valence-electron chi connectivity index (χ1n) is 29.2. The first-order valence-corrected chi connectivity index (χ1v) is 30.0. The number of hydrogen-bond donors (Lipinski definition) is 0. The van der Waals surface area contributed by atoms with Gasteiger partial charge >= 0.3 is 0 Å². The molecule has 6 aliphatic rings. The van der Waals surface area contributed by atoms with Gasteiger partial charge in [-0.3, -0.25) is 0 Å². The molecule has 3 nitrogen and oxygen atoms in total. The number of hydrogen-bond acceptors (Lipinski definition) is 4. The van der Waals surface area contributed by atoms with Crippen molar-refractivity contribution in [2.24, 2.45) is 0 Å². The number of nitrogens with zero attached hydrogens (tertiary/aromatic N) is 2. The highest BCUT2D eigenvalue weighted by Crippen LogP contribution is 2.57. The van der Waals surface area contributed by atoms with Crippen molar-refractivity contribution in [1.82, 2.24) is 0 Å². The van der Waals surface area contributed by atoms with Crippen LogP contribution in [0.5, 0.6) is 0 Å². The Kier molecular flexibility index (Phi) is 9.75. The van der Waals surface area contributed by atoms with E-state index in [1.54, 1.807) is 0 Å². The van der Waals surface area contributed by atoms with E-state index in [0.29, 0.717) is 0 Å². The van der Waals surface area contributed by atoms with Gasteiger partial charge in [0.15, 0.2) is 0 Å². The van der Waals surface area contributed by atoms with Crippen LogP contribution in [-0.2, 0) is 43.3 Å². The molecule has 0 N–H and O–H groups in total. The molecule has 2 aliphatic heterocycles. The fourth-order valence-electron chi connectivity index (χ4n) is 16.0. The lowest BCUT2D eigenvalue weighted by Gasteiger charge is -2.47. The van der Waals surface area contributed by atoms with Gasteiger partial charge in [0.2, 0.25) is 0 Å². The van der Waals surface area contributed by atoms with Crippen molar-refractivity contribution in [3.63, 3.8) is 0 Å². The van der Waals surface area contributed by atoms with E-state index in [1.165, 1.54) is 172 Å². The van der Waals surface area contributed by atoms with Crippen molar-refractivity contribution in [2.45, 2.75) is 212 Å². The summed E-state index contributed by atoms with van der Waals surface area (Å²) in [6.07, 6.45) is 9.44. The van der Waals surface area contributed by atoms with Crippen LogP contribution in [-0.4, -0.2) is 6.71 Å². The second kappa shape index (κ2) is 15.1. The van der Waals surface area contributed by atoms with Crippen LogP contribution in [0, 0.1) is 6.92 Å². The predicted molar refractivity (Wildman–Crippen MR) is 329 cm³/mol. The molecule has 5 heteroatoms. The van der Waals surface area contributed by atoms with Crippen molar-refractivity contribution in [3.05, 3.63) is 135 Å². The molecule has 0 unspecified atom stereocenters. The Morgan fingerprint density at radius 3 is 1.47 bits per heavy atom. The Bertz CT molecular complexity index is 3880. The second-order valence-corrected chi connectivity index (χ2v) is 31.5. The zero-order valence-electron chi connectivity index (χ0n) is 49.0. The van der Waals surface area contributed by atoms with Crippen LogP contribution in [0.25, 0.3) is 32.0 Å². The van der Waals surface area contributed by atoms with Gasteiger partial charge < -0.3 is 14.2 Å². The standard InChI is InChI=1S/C71H81BN2OS/c1-40-31-55-61-56(32-40)74(53-19-18-20-57-60(53)42-34-46-50(38-58(42)75-57)70(14,15)29-25-66(46,6)7)62-43-35-47-51(71(16,17)30-26-67(47,8)9)39-59(43)76-63(62)72(61)52-36-48-49(69(12,13)28-27-68(48,10)11)37-54(52)73(55)41-21-22-44-45(33-41)65(4,5)24-23-64(44,2)3/h18-22,31-39H,23-30H2,1-17H3. The average Bonchev–Trinajstić information content (AvgIpc) is 4.04. The van der Waals surface area contributed by atoms with Gasteiger partial charge in [-0.25, -0.2) is 0 Å². The van der Waals surface area contributed by atoms with Crippen LogP contribution in [0.4, 0.5) is 34.1 Å². The van der Waals surface area contributed by atoms with Gasteiger partial charge in [-0.15, -0.1) is 11.3 Å². The fourth-order valence-corrected chi connectivity index (χ4v) is 17.4. The molecular formula is C71H81BN2OS. The van der Waals surface area contributed by atoms with Gasteiger partial charge in [-0.05, 0) is 229 Å². The highest BCUT2D eigenvalue weighted by molar-refractivity contribution is 7.33. The van der Waals surface area contributed by atoms with Crippen molar-refractivity contribution in [1.29, 1.82) is 0 Å². The van der Waals surface area contributed by atoms with Gasteiger partial charge in [-0.2, -0.15) is 0 Å². The quantitative estimate of drug-likeness (QED) is 0.161. The largest absolute Gasteiger partial charge is 0.456 e. The van der Waals surface area contributed by atoms with Gasteiger partial charge in [0, 0.05) is 43.0 Å². The molecule has 0 atom stereocenters. The van der Waals surface area contributed by atoms with Crippen molar-refractivity contribution in [2.75, 3.05) is 9.80 Å². The third-order valence-electron chi connectivity index (χ3n) is 21.5. The van der Waals surface area contributed by atoms with Crippen LogP contribution in [0.2, 0.25) is 0 Å². The first-order chi connectivity index (χ1) is 35.5. The summed E-state index contributed by atoms with van der Waals surface area (Å²) in [5.41, 5.74) is 26.4. The van der Waals surface area contributed by atoms with E-state index in [9.17, 15) is 0 Å². The Hall–Kier alpha value is -5.26. The summed E-state index contributed by atoms with van der Waals surface area (Å²) < 4.78 is 9.99. The average molecular weight is 1020 g/mol. The van der Waals surface area contributed by atoms with E-state index in [0.717, 1.165) is 11.2 Å². The highest BCUT2D eigenvalue weighted by Gasteiger charge is 2.50. The zero-order chi connectivity index (χ0) is 53.6. The maximum absolute atomic E-state index is 7.14. The molecule has 8 aromatic rings. The topological polar surface area (TPSA) is 19.6 Å². The molecule has 76 heavy (non-hydrogen) atoms. The lowest BCUT2D eigenvalue weighted by molar-refractivity contribution is 0.332. The van der Waals surface area contributed by atoms with Crippen LogP contribution >= 0.6 is 11.3 Å². The molecule has 2 aromatic heterocycles. The normalized spacial score (nSPS) is 22.1. The molecule has 0 saturated heterocycles. The maximum Gasteiger partial charge on any atom is 0.264 e. The minimum absolute atomic E-state index is 0.0352. The summed E-state index contributed by atoms with van der Waals surface area (Å²) in [4.78, 5) is 5.49. The monoisotopic (exact) mass is 1020 g/mol. The minimum Gasteiger partial charge on any atom is -0.456 e. The molecule has 0 amide bonds. The van der Waals surface area contributed by atoms with Gasteiger partial charge in [0.25, 0.3) is 6.71 Å². The van der Waals surface area contributed by atoms with E-state index in [-0.39, 0.29) is 50.0 Å². The van der Waals surface area contributed by atoms with Crippen LogP contribution in [0.3, 0.4) is 0 Å². The van der Waals surface area contributed by atoms with E-state index < -0.39 is 0 Å². The first kappa shape index (κ1) is 49.1. The van der Waals surface area contributed by atoms with Gasteiger partial charge in [0.05, 0.1) is 16.8 Å². The summed E-state index contributed by atoms with van der Waals surface area (Å²) in [7, 11) is 0. The van der Waals surface area contributed by atoms with Crippen molar-refractivity contribution in [3.8, 4) is 0 Å². The molecule has 14 rings (SSSR count). The third-order valence-corrected chi connectivity index (χ3v) is 22.7. The van der Waals surface area contributed by atoms with Crippen molar-refractivity contribution >= 4 is 99.9 Å². The second-order valence-electron chi connectivity index (χ2n) is 30.4. The number of thiophene rings is 1. The fraction of sp³-hybridized carbons (Fsp3) is 0.465. The van der Waals surface area contributed by atoms with Gasteiger partial charge in [0.1, 0.15) is 11.2 Å². The molecule has 390 valence electrons. The predicted octanol–water partition coefficient (Wildman–Crippen LogP) is 18.6. The van der Waals surface area contributed by atoms with Crippen LogP contribution in [0.1, 0.15) is 212 Å². The number of aryl methyl sites for hydroxylation is 1. The summed E-state index contributed by atoms with van der Waals surface area (Å²) in [5.74, 6) is 0. The lowest BCUT2D eigenvalue weighted by Crippen LogP contribution is -2.61. The van der Waals surface area contributed by atoms with Crippen LogP contribution in [0.15, 0.2) is 89.3 Å². The number of anilines is 6. The van der Waals surface area contributed by atoms with Crippen molar-refractivity contribution < 1.29 is 4.42 Å². The van der Waals surface area contributed by atoms with E-state index in [2.05, 4.69) is 224 Å². The lowest BCUT2D eigenvalue weighted by atomic mass is 9.35. The summed E-state index contributed by atoms with van der Waals surface area (Å²) in [6, 6.07) is 35.3. The van der Waals surface area contributed by atoms with Gasteiger partial charge in [-0.1, -0.05) is 129 Å². The smallest absolute Gasteiger partial charge is 0.264 e. The Labute approximate surface area is 458 Å². The third kappa shape index (κ3) is 6.65. The molecule has 0 spiro atoms. The Morgan fingerprint density at radius 1 is 0.421 bits per heavy atom. The molecule has 0 saturated carbocycles. The molecular weight excluding hydrogens is 940 g/mol. The maximum atomic E-state index is 7.14. The molecule has 0 fully saturated rings. The van der Waals surface area contributed by atoms with Crippen LogP contribution < -0.4 is 25.5 Å². The Balaban J connectivity index is 1.13.